The number of hydrogen-bond donors (Lipinski definition) is 0. The Bertz CT molecular complexity index is 543. The van der Waals surface area contributed by atoms with Crippen LogP contribution in [0.1, 0.15) is 5.82 Å². The Labute approximate surface area is 109 Å². The van der Waals surface area contributed by atoms with Crippen LogP contribution in [0.15, 0.2) is 41.1 Å². The zero-order valence-corrected chi connectivity index (χ0v) is 10.4. The number of ether oxygens (including phenoxy) is 1. The van der Waals surface area contributed by atoms with Crippen LogP contribution in [0.4, 0.5) is 13.2 Å². The second kappa shape index (κ2) is 4.93. The first-order valence-electron chi connectivity index (χ1n) is 4.78. The minimum atomic E-state index is -4.55. The van der Waals surface area contributed by atoms with Gasteiger partial charge >= 0.3 is 6.18 Å². The van der Waals surface area contributed by atoms with Crippen LogP contribution in [0.5, 0.6) is 11.5 Å². The van der Waals surface area contributed by atoms with Crippen molar-refractivity contribution in [2.75, 3.05) is 0 Å². The van der Waals surface area contributed by atoms with Gasteiger partial charge in [0, 0.05) is 4.47 Å². The van der Waals surface area contributed by atoms with Crippen LogP contribution in [0.2, 0.25) is 0 Å². The monoisotopic (exact) mass is 318 g/mol. The number of rotatable bonds is 2. The fourth-order valence-corrected chi connectivity index (χ4v) is 1.56. The highest BCUT2D eigenvalue weighted by Gasteiger charge is 2.34. The summed E-state index contributed by atoms with van der Waals surface area (Å²) in [6.07, 6.45) is -2.58. The maximum absolute atomic E-state index is 12.2. The molecule has 94 valence electrons. The van der Waals surface area contributed by atoms with Crippen LogP contribution in [-0.4, -0.2) is 9.97 Å². The van der Waals surface area contributed by atoms with Gasteiger partial charge in [-0.1, -0.05) is 22.0 Å². The summed E-state index contributed by atoms with van der Waals surface area (Å²) in [6, 6.07) is 6.89. The summed E-state index contributed by atoms with van der Waals surface area (Å²) in [5.41, 5.74) is 0. The van der Waals surface area contributed by atoms with E-state index in [0.717, 1.165) is 16.9 Å². The van der Waals surface area contributed by atoms with Gasteiger partial charge in [-0.2, -0.15) is 13.2 Å². The minimum Gasteiger partial charge on any atom is -0.454 e. The second-order valence-corrected chi connectivity index (χ2v) is 4.22. The number of alkyl halides is 3. The quantitative estimate of drug-likeness (QED) is 0.837. The topological polar surface area (TPSA) is 35.0 Å². The SMILES string of the molecule is FC(F)(F)c1ncc(Oc2cccc(Br)c2)cn1. The first kappa shape index (κ1) is 12.8. The summed E-state index contributed by atoms with van der Waals surface area (Å²) in [6.45, 7) is 0. The van der Waals surface area contributed by atoms with Crippen molar-refractivity contribution in [2.45, 2.75) is 6.18 Å². The van der Waals surface area contributed by atoms with Gasteiger partial charge in [-0.25, -0.2) is 9.97 Å². The molecule has 2 rings (SSSR count). The lowest BCUT2D eigenvalue weighted by atomic mass is 10.3. The molecule has 0 aliphatic rings. The third-order valence-electron chi connectivity index (χ3n) is 1.91. The van der Waals surface area contributed by atoms with Gasteiger partial charge < -0.3 is 4.74 Å². The first-order chi connectivity index (χ1) is 8.45. The van der Waals surface area contributed by atoms with Gasteiger partial charge in [0.1, 0.15) is 5.75 Å². The van der Waals surface area contributed by atoms with Crippen LogP contribution in [0, 0.1) is 0 Å². The number of nitrogens with zero attached hydrogens (tertiary/aromatic N) is 2. The largest absolute Gasteiger partial charge is 0.454 e. The predicted octanol–water partition coefficient (Wildman–Crippen LogP) is 4.05. The molecule has 0 radical (unpaired) electrons. The Balaban J connectivity index is 2.16. The standard InChI is InChI=1S/C11H6BrF3N2O/c12-7-2-1-3-8(4-7)18-9-5-16-10(17-6-9)11(13,14)15/h1-6H. The van der Waals surface area contributed by atoms with Gasteiger partial charge in [0.15, 0.2) is 5.75 Å². The van der Waals surface area contributed by atoms with Crippen LogP contribution in [0.3, 0.4) is 0 Å². The highest BCUT2D eigenvalue weighted by atomic mass is 79.9. The van der Waals surface area contributed by atoms with E-state index in [2.05, 4.69) is 25.9 Å². The van der Waals surface area contributed by atoms with Gasteiger partial charge in [0.25, 0.3) is 0 Å². The van der Waals surface area contributed by atoms with Crippen molar-refractivity contribution in [3.63, 3.8) is 0 Å². The van der Waals surface area contributed by atoms with E-state index < -0.39 is 12.0 Å². The third kappa shape index (κ3) is 3.19. The zero-order valence-electron chi connectivity index (χ0n) is 8.78. The molecule has 0 N–H and O–H groups in total. The lowest BCUT2D eigenvalue weighted by molar-refractivity contribution is -0.145. The molecule has 1 heterocycles. The number of hydrogen-bond acceptors (Lipinski definition) is 3. The molecule has 0 aliphatic carbocycles. The van der Waals surface area contributed by atoms with Gasteiger partial charge in [0.05, 0.1) is 12.4 Å². The van der Waals surface area contributed by atoms with E-state index in [1.165, 1.54) is 0 Å². The number of halogens is 4. The lowest BCUT2D eigenvalue weighted by Gasteiger charge is -2.07. The lowest BCUT2D eigenvalue weighted by Crippen LogP contribution is -2.10. The van der Waals surface area contributed by atoms with E-state index in [1.807, 2.05) is 0 Å². The molecule has 0 spiro atoms. The highest BCUT2D eigenvalue weighted by molar-refractivity contribution is 9.10. The summed E-state index contributed by atoms with van der Waals surface area (Å²) in [5, 5.41) is 0. The van der Waals surface area contributed by atoms with Crippen molar-refractivity contribution in [1.82, 2.24) is 9.97 Å². The third-order valence-corrected chi connectivity index (χ3v) is 2.41. The molecule has 0 atom stereocenters. The van der Waals surface area contributed by atoms with E-state index in [4.69, 9.17) is 4.74 Å². The van der Waals surface area contributed by atoms with Crippen molar-refractivity contribution < 1.29 is 17.9 Å². The molecule has 0 fully saturated rings. The van der Waals surface area contributed by atoms with Crippen molar-refractivity contribution in [3.8, 4) is 11.5 Å². The molecule has 0 saturated heterocycles. The van der Waals surface area contributed by atoms with E-state index in [0.29, 0.717) is 5.75 Å². The molecule has 1 aromatic heterocycles. The highest BCUT2D eigenvalue weighted by Crippen LogP contribution is 2.28. The molecule has 0 aliphatic heterocycles. The molecule has 1 aromatic carbocycles. The molecule has 7 heteroatoms. The van der Waals surface area contributed by atoms with Crippen molar-refractivity contribution in [3.05, 3.63) is 47.0 Å². The Morgan fingerprint density at radius 1 is 1.06 bits per heavy atom. The zero-order chi connectivity index (χ0) is 13.2. The predicted molar refractivity (Wildman–Crippen MR) is 61.3 cm³/mol. The molecule has 2 aromatic rings. The Morgan fingerprint density at radius 2 is 1.72 bits per heavy atom. The normalized spacial score (nSPS) is 11.3. The number of aromatic nitrogens is 2. The molecular formula is C11H6BrF3N2O. The molecule has 3 nitrogen and oxygen atoms in total. The average Bonchev–Trinajstić information content (AvgIpc) is 2.28. The van der Waals surface area contributed by atoms with Gasteiger partial charge in [-0.05, 0) is 18.2 Å². The van der Waals surface area contributed by atoms with Gasteiger partial charge in [-0.15, -0.1) is 0 Å². The minimum absolute atomic E-state index is 0.140. The van der Waals surface area contributed by atoms with Crippen LogP contribution in [0.25, 0.3) is 0 Å². The summed E-state index contributed by atoms with van der Waals surface area (Å²) >= 11 is 3.25. The molecular weight excluding hydrogens is 313 g/mol. The Kier molecular flexibility index (Phi) is 3.51. The van der Waals surface area contributed by atoms with E-state index in [-0.39, 0.29) is 5.75 Å². The average molecular weight is 319 g/mol. The molecule has 0 bridgehead atoms. The number of benzene rings is 1. The fraction of sp³-hybridized carbons (Fsp3) is 0.0909. The first-order valence-corrected chi connectivity index (χ1v) is 5.57. The molecule has 0 unspecified atom stereocenters. The van der Waals surface area contributed by atoms with E-state index in [1.54, 1.807) is 24.3 Å². The summed E-state index contributed by atoms with van der Waals surface area (Å²) in [5.74, 6) is -0.571. The molecule has 0 saturated carbocycles. The van der Waals surface area contributed by atoms with E-state index in [9.17, 15) is 13.2 Å². The summed E-state index contributed by atoms with van der Waals surface area (Å²) < 4.78 is 42.8. The fourth-order valence-electron chi connectivity index (χ4n) is 1.18. The van der Waals surface area contributed by atoms with Crippen molar-refractivity contribution in [1.29, 1.82) is 0 Å². The van der Waals surface area contributed by atoms with Gasteiger partial charge in [-0.3, -0.25) is 0 Å². The Morgan fingerprint density at radius 3 is 2.28 bits per heavy atom. The van der Waals surface area contributed by atoms with Crippen molar-refractivity contribution >= 4 is 15.9 Å². The van der Waals surface area contributed by atoms with Crippen LogP contribution >= 0.6 is 15.9 Å². The maximum atomic E-state index is 12.2. The summed E-state index contributed by atoms with van der Waals surface area (Å²) in [7, 11) is 0. The van der Waals surface area contributed by atoms with E-state index >= 15 is 0 Å². The van der Waals surface area contributed by atoms with Crippen molar-refractivity contribution in [2.24, 2.45) is 0 Å². The Hall–Kier alpha value is -1.63. The molecule has 18 heavy (non-hydrogen) atoms. The molecule has 0 amide bonds. The smallest absolute Gasteiger partial charge is 0.451 e. The second-order valence-electron chi connectivity index (χ2n) is 3.30. The van der Waals surface area contributed by atoms with Gasteiger partial charge in [0.2, 0.25) is 5.82 Å². The van der Waals surface area contributed by atoms with Crippen LogP contribution in [-0.2, 0) is 6.18 Å². The van der Waals surface area contributed by atoms with Crippen LogP contribution < -0.4 is 4.74 Å². The summed E-state index contributed by atoms with van der Waals surface area (Å²) in [4.78, 5) is 6.39. The maximum Gasteiger partial charge on any atom is 0.451 e.